The number of carboxylic acid groups (broad SMARTS) is 1. The summed E-state index contributed by atoms with van der Waals surface area (Å²) in [5.41, 5.74) is 2.91. The molecule has 1 unspecified atom stereocenters. The predicted octanol–water partition coefficient (Wildman–Crippen LogP) is 5.81. The van der Waals surface area contributed by atoms with Gasteiger partial charge in [0.25, 0.3) is 0 Å². The number of carbonyl (C=O) groups is 1. The molecule has 0 spiro atoms. The molecule has 1 atom stereocenters. The van der Waals surface area contributed by atoms with Crippen molar-refractivity contribution in [3.8, 4) is 17.0 Å². The van der Waals surface area contributed by atoms with E-state index < -0.39 is 11.4 Å². The van der Waals surface area contributed by atoms with Crippen LogP contribution in [0.3, 0.4) is 0 Å². The number of fused-ring (bicyclic) bond motifs is 1. The number of carboxylic acids is 1. The lowest BCUT2D eigenvalue weighted by Gasteiger charge is -2.29. The summed E-state index contributed by atoms with van der Waals surface area (Å²) < 4.78 is 7.39. The molecule has 0 saturated heterocycles. The fraction of sp³-hybridized carbons (Fsp3) is 0.458. The summed E-state index contributed by atoms with van der Waals surface area (Å²) in [4.78, 5) is 17.3. The molecular formula is C24H30ClN3O3. The van der Waals surface area contributed by atoms with Gasteiger partial charge >= 0.3 is 5.97 Å². The second-order valence-corrected chi connectivity index (χ2v) is 9.64. The van der Waals surface area contributed by atoms with Crippen LogP contribution < -0.4 is 4.74 Å². The van der Waals surface area contributed by atoms with Crippen molar-refractivity contribution in [1.29, 1.82) is 0 Å². The van der Waals surface area contributed by atoms with Gasteiger partial charge < -0.3 is 9.84 Å². The number of aryl methyl sites for hydroxylation is 1. The average Bonchev–Trinajstić information content (AvgIpc) is 3.11. The predicted molar refractivity (Wildman–Crippen MR) is 123 cm³/mol. The zero-order chi connectivity index (χ0) is 23.1. The lowest BCUT2D eigenvalue weighted by Crippen LogP contribution is -2.35. The van der Waals surface area contributed by atoms with Crippen LogP contribution in [0, 0.1) is 6.92 Å². The number of aliphatic carboxylic acids is 1. The number of aromatic nitrogens is 3. The number of methoxy groups -OCH3 is 1. The highest BCUT2D eigenvalue weighted by atomic mass is 35.5. The molecule has 1 aromatic carbocycles. The Morgan fingerprint density at radius 1 is 1.23 bits per heavy atom. The van der Waals surface area contributed by atoms with Gasteiger partial charge in [-0.3, -0.25) is 4.79 Å². The van der Waals surface area contributed by atoms with E-state index in [-0.39, 0.29) is 5.41 Å². The van der Waals surface area contributed by atoms with E-state index in [1.807, 2.05) is 26.0 Å². The maximum Gasteiger partial charge on any atom is 0.313 e. The smallest absolute Gasteiger partial charge is 0.313 e. The largest absolute Gasteiger partial charge is 0.496 e. The van der Waals surface area contributed by atoms with E-state index >= 15 is 0 Å². The summed E-state index contributed by atoms with van der Waals surface area (Å²) in [6.45, 7) is 11.9. The molecule has 0 fully saturated rings. The standard InChI is InChI=1S/C24H30ClN3O3/c1-8-11-24(6,22(29)30)20-14(2)26-19-13-18(23(3,4)5)27-28(19)21(20)16-10-9-15(25)12-17(16)31-7/h9-10,12-13H,8,11H2,1-7H3,(H,29,30). The van der Waals surface area contributed by atoms with E-state index in [4.69, 9.17) is 26.4 Å². The topological polar surface area (TPSA) is 76.7 Å². The maximum absolute atomic E-state index is 12.5. The number of ether oxygens (including phenoxy) is 1. The summed E-state index contributed by atoms with van der Waals surface area (Å²) in [7, 11) is 1.58. The van der Waals surface area contributed by atoms with Crippen molar-refractivity contribution in [3.05, 3.63) is 46.2 Å². The first-order valence-corrected chi connectivity index (χ1v) is 10.8. The molecule has 0 aliphatic rings. The van der Waals surface area contributed by atoms with Gasteiger partial charge in [-0.2, -0.15) is 5.10 Å². The molecule has 166 valence electrons. The lowest BCUT2D eigenvalue weighted by molar-refractivity contribution is -0.143. The third-order valence-electron chi connectivity index (χ3n) is 5.74. The van der Waals surface area contributed by atoms with Gasteiger partial charge in [-0.05, 0) is 38.5 Å². The van der Waals surface area contributed by atoms with Crippen LogP contribution in [0.25, 0.3) is 16.9 Å². The van der Waals surface area contributed by atoms with Gasteiger partial charge in [0.1, 0.15) is 5.75 Å². The molecule has 1 N–H and O–H groups in total. The van der Waals surface area contributed by atoms with Crippen LogP contribution in [0.2, 0.25) is 5.02 Å². The second kappa shape index (κ2) is 8.15. The van der Waals surface area contributed by atoms with Gasteiger partial charge in [0.2, 0.25) is 0 Å². The van der Waals surface area contributed by atoms with Crippen LogP contribution in [0.15, 0.2) is 24.3 Å². The zero-order valence-electron chi connectivity index (χ0n) is 19.2. The number of benzene rings is 1. The maximum atomic E-state index is 12.5. The van der Waals surface area contributed by atoms with Crippen LogP contribution in [-0.4, -0.2) is 32.8 Å². The normalized spacial score (nSPS) is 13.9. The molecule has 0 amide bonds. The second-order valence-electron chi connectivity index (χ2n) is 9.20. The number of hydrogen-bond donors (Lipinski definition) is 1. The average molecular weight is 444 g/mol. The van der Waals surface area contributed by atoms with Gasteiger partial charge in [-0.25, -0.2) is 9.50 Å². The summed E-state index contributed by atoms with van der Waals surface area (Å²) >= 11 is 6.22. The monoisotopic (exact) mass is 443 g/mol. The molecule has 0 radical (unpaired) electrons. The summed E-state index contributed by atoms with van der Waals surface area (Å²) in [5.74, 6) is -0.339. The molecule has 0 aliphatic heterocycles. The Hall–Kier alpha value is -2.60. The van der Waals surface area contributed by atoms with Gasteiger partial charge in [0, 0.05) is 33.3 Å². The van der Waals surface area contributed by atoms with E-state index in [0.29, 0.717) is 46.2 Å². The van der Waals surface area contributed by atoms with Crippen LogP contribution in [0.5, 0.6) is 5.75 Å². The van der Waals surface area contributed by atoms with Crippen LogP contribution in [-0.2, 0) is 15.6 Å². The lowest BCUT2D eigenvalue weighted by atomic mass is 9.76. The first kappa shape index (κ1) is 23.1. The highest BCUT2D eigenvalue weighted by Crippen LogP contribution is 2.42. The number of hydrogen-bond acceptors (Lipinski definition) is 4. The van der Waals surface area contributed by atoms with Crippen molar-refractivity contribution >= 4 is 23.2 Å². The molecule has 2 aromatic heterocycles. The zero-order valence-corrected chi connectivity index (χ0v) is 20.0. The summed E-state index contributed by atoms with van der Waals surface area (Å²) in [6, 6.07) is 7.32. The third-order valence-corrected chi connectivity index (χ3v) is 5.98. The van der Waals surface area contributed by atoms with Crippen molar-refractivity contribution in [1.82, 2.24) is 14.6 Å². The first-order chi connectivity index (χ1) is 14.4. The minimum Gasteiger partial charge on any atom is -0.496 e. The fourth-order valence-electron chi connectivity index (χ4n) is 4.10. The number of halogens is 1. The van der Waals surface area contributed by atoms with Crippen LogP contribution >= 0.6 is 11.6 Å². The molecule has 6 nitrogen and oxygen atoms in total. The summed E-state index contributed by atoms with van der Waals surface area (Å²) in [6.07, 6.45) is 1.18. The van der Waals surface area contributed by atoms with E-state index in [1.165, 1.54) is 0 Å². The van der Waals surface area contributed by atoms with Gasteiger partial charge in [-0.15, -0.1) is 0 Å². The fourth-order valence-corrected chi connectivity index (χ4v) is 4.26. The van der Waals surface area contributed by atoms with Crippen molar-refractivity contribution in [2.45, 2.75) is 65.2 Å². The quantitative estimate of drug-likeness (QED) is 0.520. The van der Waals surface area contributed by atoms with E-state index in [0.717, 1.165) is 11.3 Å². The number of rotatable bonds is 6. The van der Waals surface area contributed by atoms with E-state index in [1.54, 1.807) is 30.7 Å². The highest BCUT2D eigenvalue weighted by Gasteiger charge is 2.40. The molecule has 3 rings (SSSR count). The van der Waals surface area contributed by atoms with E-state index in [9.17, 15) is 9.90 Å². The first-order valence-electron chi connectivity index (χ1n) is 10.4. The number of nitrogens with zero attached hydrogens (tertiary/aromatic N) is 3. The Morgan fingerprint density at radius 3 is 2.45 bits per heavy atom. The Kier molecular flexibility index (Phi) is 6.07. The van der Waals surface area contributed by atoms with Gasteiger partial charge in [-0.1, -0.05) is 45.7 Å². The molecule has 7 heteroatoms. The Balaban J connectivity index is 2.54. The van der Waals surface area contributed by atoms with Crippen molar-refractivity contribution < 1.29 is 14.6 Å². The molecule has 0 saturated carbocycles. The minimum atomic E-state index is -1.14. The molecule has 3 aromatic rings. The van der Waals surface area contributed by atoms with Crippen LogP contribution in [0.4, 0.5) is 0 Å². The van der Waals surface area contributed by atoms with Crippen molar-refractivity contribution in [2.24, 2.45) is 0 Å². The minimum absolute atomic E-state index is 0.192. The van der Waals surface area contributed by atoms with Crippen molar-refractivity contribution in [3.63, 3.8) is 0 Å². The highest BCUT2D eigenvalue weighted by molar-refractivity contribution is 6.30. The van der Waals surface area contributed by atoms with Gasteiger partial charge in [0.15, 0.2) is 5.65 Å². The molecule has 0 bridgehead atoms. The molecule has 31 heavy (non-hydrogen) atoms. The molecule has 2 heterocycles. The summed E-state index contributed by atoms with van der Waals surface area (Å²) in [5, 5.41) is 15.7. The SMILES string of the molecule is CCCC(C)(C(=O)O)c1c(C)nc2cc(C(C)(C)C)nn2c1-c1ccc(Cl)cc1OC. The molecule has 0 aliphatic carbocycles. The van der Waals surface area contributed by atoms with Gasteiger partial charge in [0.05, 0.1) is 23.9 Å². The Morgan fingerprint density at radius 2 is 1.90 bits per heavy atom. The Bertz CT molecular complexity index is 1150. The third kappa shape index (κ3) is 4.01. The van der Waals surface area contributed by atoms with Crippen LogP contribution in [0.1, 0.15) is 64.4 Å². The van der Waals surface area contributed by atoms with Crippen molar-refractivity contribution in [2.75, 3.05) is 7.11 Å². The molecular weight excluding hydrogens is 414 g/mol. The Labute approximate surface area is 188 Å². The van der Waals surface area contributed by atoms with E-state index in [2.05, 4.69) is 20.8 Å².